The number of aromatic nitrogens is 1. The number of nitrogens with two attached hydrogens (primary N) is 2. The minimum Gasteiger partial charge on any atom is -0.365 e. The highest BCUT2D eigenvalue weighted by atomic mass is 16.1. The number of pyridine rings is 1. The number of hydrogen-bond acceptors (Lipinski definition) is 4. The summed E-state index contributed by atoms with van der Waals surface area (Å²) in [5.41, 5.74) is 14.6. The van der Waals surface area contributed by atoms with E-state index >= 15 is 0 Å². The van der Waals surface area contributed by atoms with E-state index in [1.807, 2.05) is 6.07 Å². The summed E-state index contributed by atoms with van der Waals surface area (Å²) in [7, 11) is 0. The molecule has 5 nitrogen and oxygen atoms in total. The van der Waals surface area contributed by atoms with Gasteiger partial charge in [0.15, 0.2) is 0 Å². The molecule has 4 N–H and O–H groups in total. The molecule has 1 saturated heterocycles. The molecule has 0 spiro atoms. The molecule has 1 aliphatic carbocycles. The minimum atomic E-state index is -0.391. The predicted molar refractivity (Wildman–Crippen MR) is 83.4 cm³/mol. The Kier molecular flexibility index (Phi) is 3.85. The first-order chi connectivity index (χ1) is 10.0. The van der Waals surface area contributed by atoms with Gasteiger partial charge in [-0.15, -0.1) is 0 Å². The summed E-state index contributed by atoms with van der Waals surface area (Å²) < 4.78 is 0. The van der Waals surface area contributed by atoms with E-state index in [1.165, 1.54) is 12.0 Å². The van der Waals surface area contributed by atoms with E-state index in [1.54, 1.807) is 0 Å². The number of fused-ring (bicyclic) bond motifs is 1. The van der Waals surface area contributed by atoms with Gasteiger partial charge in [-0.2, -0.15) is 0 Å². The van der Waals surface area contributed by atoms with E-state index in [4.69, 9.17) is 16.5 Å². The number of carbonyl (C=O) groups is 1. The molecule has 0 aromatic carbocycles. The molecule has 2 aliphatic rings. The maximum absolute atomic E-state index is 11.8. The van der Waals surface area contributed by atoms with Crippen LogP contribution in [-0.2, 0) is 12.8 Å². The largest absolute Gasteiger partial charge is 0.365 e. The van der Waals surface area contributed by atoms with Gasteiger partial charge < -0.3 is 16.4 Å². The maximum atomic E-state index is 11.8. The zero-order valence-electron chi connectivity index (χ0n) is 12.6. The quantitative estimate of drug-likeness (QED) is 0.857. The summed E-state index contributed by atoms with van der Waals surface area (Å²) in [5, 5.41) is 0. The Morgan fingerprint density at radius 1 is 1.33 bits per heavy atom. The van der Waals surface area contributed by atoms with Gasteiger partial charge in [-0.05, 0) is 49.7 Å². The van der Waals surface area contributed by atoms with E-state index in [9.17, 15) is 4.79 Å². The highest BCUT2D eigenvalue weighted by molar-refractivity contribution is 5.98. The summed E-state index contributed by atoms with van der Waals surface area (Å²) >= 11 is 0. The Morgan fingerprint density at radius 2 is 2.10 bits per heavy atom. The monoisotopic (exact) mass is 288 g/mol. The number of piperidine rings is 1. The fourth-order valence-corrected chi connectivity index (χ4v) is 3.62. The van der Waals surface area contributed by atoms with Crippen molar-refractivity contribution in [3.05, 3.63) is 22.9 Å². The molecule has 1 fully saturated rings. The second-order valence-electron chi connectivity index (χ2n) is 6.54. The van der Waals surface area contributed by atoms with Gasteiger partial charge in [-0.3, -0.25) is 4.79 Å². The average molecular weight is 288 g/mol. The molecule has 1 aromatic rings. The Hall–Kier alpha value is -1.62. The van der Waals surface area contributed by atoms with Crippen LogP contribution >= 0.6 is 0 Å². The molecule has 21 heavy (non-hydrogen) atoms. The Bertz CT molecular complexity index is 547. The Morgan fingerprint density at radius 3 is 2.81 bits per heavy atom. The standard InChI is InChI=1S/C16H24N4O/c1-10-6-12(17)9-20(8-10)16-13(15(18)21)7-11-4-2-3-5-14(11)19-16/h7,10,12H,2-6,8-9,17H2,1H3,(H2,18,21). The second-order valence-corrected chi connectivity index (χ2v) is 6.54. The highest BCUT2D eigenvalue weighted by Gasteiger charge is 2.27. The number of aryl methyl sites for hydroxylation is 2. The van der Waals surface area contributed by atoms with E-state index in [0.29, 0.717) is 11.5 Å². The average Bonchev–Trinajstić information content (AvgIpc) is 2.44. The van der Waals surface area contributed by atoms with Crippen LogP contribution < -0.4 is 16.4 Å². The number of hydrogen-bond donors (Lipinski definition) is 2. The van der Waals surface area contributed by atoms with Gasteiger partial charge in [0.25, 0.3) is 5.91 Å². The molecule has 0 saturated carbocycles. The third-order valence-corrected chi connectivity index (χ3v) is 4.54. The molecular formula is C16H24N4O. The number of carbonyl (C=O) groups excluding carboxylic acids is 1. The van der Waals surface area contributed by atoms with Crippen LogP contribution in [0.2, 0.25) is 0 Å². The first kappa shape index (κ1) is 14.3. The topological polar surface area (TPSA) is 85.2 Å². The number of nitrogens with zero attached hydrogens (tertiary/aromatic N) is 2. The molecule has 1 aromatic heterocycles. The van der Waals surface area contributed by atoms with Crippen molar-refractivity contribution in [3.8, 4) is 0 Å². The zero-order chi connectivity index (χ0) is 15.0. The van der Waals surface area contributed by atoms with Gasteiger partial charge >= 0.3 is 0 Å². The van der Waals surface area contributed by atoms with Gasteiger partial charge in [-0.25, -0.2) is 4.98 Å². The second kappa shape index (κ2) is 5.64. The lowest BCUT2D eigenvalue weighted by Gasteiger charge is -2.36. The van der Waals surface area contributed by atoms with Crippen LogP contribution in [0.1, 0.15) is 47.8 Å². The summed E-state index contributed by atoms with van der Waals surface area (Å²) in [4.78, 5) is 18.8. The molecular weight excluding hydrogens is 264 g/mol. The zero-order valence-corrected chi connectivity index (χ0v) is 12.6. The molecule has 1 aliphatic heterocycles. The van der Waals surface area contributed by atoms with E-state index in [2.05, 4.69) is 11.8 Å². The van der Waals surface area contributed by atoms with Crippen LogP contribution in [0.3, 0.4) is 0 Å². The van der Waals surface area contributed by atoms with Crippen molar-refractivity contribution in [3.63, 3.8) is 0 Å². The highest BCUT2D eigenvalue weighted by Crippen LogP contribution is 2.29. The van der Waals surface area contributed by atoms with Gasteiger partial charge in [-0.1, -0.05) is 6.92 Å². The smallest absolute Gasteiger partial charge is 0.252 e. The third-order valence-electron chi connectivity index (χ3n) is 4.54. The molecule has 2 atom stereocenters. The SMILES string of the molecule is CC1CC(N)CN(c2nc3c(cc2C(N)=O)CCCC3)C1. The van der Waals surface area contributed by atoms with Crippen LogP contribution in [0.15, 0.2) is 6.07 Å². The third kappa shape index (κ3) is 2.88. The van der Waals surface area contributed by atoms with Crippen LogP contribution in [0.5, 0.6) is 0 Å². The molecule has 2 heterocycles. The minimum absolute atomic E-state index is 0.132. The fourth-order valence-electron chi connectivity index (χ4n) is 3.62. The van der Waals surface area contributed by atoms with Crippen LogP contribution in [-0.4, -0.2) is 30.0 Å². The summed E-state index contributed by atoms with van der Waals surface area (Å²) in [6.07, 6.45) is 5.35. The van der Waals surface area contributed by atoms with Crippen LogP contribution in [0, 0.1) is 5.92 Å². The number of rotatable bonds is 2. The lowest BCUT2D eigenvalue weighted by Crippen LogP contribution is -2.47. The van der Waals surface area contributed by atoms with E-state index < -0.39 is 5.91 Å². The normalized spacial score (nSPS) is 25.5. The van der Waals surface area contributed by atoms with Crippen molar-refractivity contribution in [2.24, 2.45) is 17.4 Å². The summed E-state index contributed by atoms with van der Waals surface area (Å²) in [6, 6.07) is 2.09. The number of anilines is 1. The molecule has 2 unspecified atom stereocenters. The van der Waals surface area contributed by atoms with Crippen molar-refractivity contribution in [2.75, 3.05) is 18.0 Å². The number of amides is 1. The number of primary amides is 1. The molecule has 114 valence electrons. The lowest BCUT2D eigenvalue weighted by atomic mass is 9.93. The van der Waals surface area contributed by atoms with E-state index in [-0.39, 0.29) is 6.04 Å². The van der Waals surface area contributed by atoms with Crippen molar-refractivity contribution in [2.45, 2.75) is 45.1 Å². The molecule has 1 amide bonds. The van der Waals surface area contributed by atoms with Crippen LogP contribution in [0.25, 0.3) is 0 Å². The lowest BCUT2D eigenvalue weighted by molar-refractivity contribution is 0.1000. The molecule has 0 bridgehead atoms. The van der Waals surface area contributed by atoms with Crippen molar-refractivity contribution >= 4 is 11.7 Å². The van der Waals surface area contributed by atoms with Crippen molar-refractivity contribution in [1.29, 1.82) is 0 Å². The summed E-state index contributed by atoms with van der Waals surface area (Å²) in [6.45, 7) is 3.82. The van der Waals surface area contributed by atoms with Crippen molar-refractivity contribution in [1.82, 2.24) is 4.98 Å². The van der Waals surface area contributed by atoms with Crippen LogP contribution in [0.4, 0.5) is 5.82 Å². The molecule has 3 rings (SSSR count). The first-order valence-electron chi connectivity index (χ1n) is 7.87. The maximum Gasteiger partial charge on any atom is 0.252 e. The van der Waals surface area contributed by atoms with E-state index in [0.717, 1.165) is 50.3 Å². The van der Waals surface area contributed by atoms with Gasteiger partial charge in [0.1, 0.15) is 5.82 Å². The predicted octanol–water partition coefficient (Wildman–Crippen LogP) is 1.23. The molecule has 5 heteroatoms. The Labute approximate surface area is 125 Å². The van der Waals surface area contributed by atoms with Gasteiger partial charge in [0, 0.05) is 24.8 Å². The van der Waals surface area contributed by atoms with Gasteiger partial charge in [0.05, 0.1) is 5.56 Å². The van der Waals surface area contributed by atoms with Gasteiger partial charge in [0.2, 0.25) is 0 Å². The molecule has 0 radical (unpaired) electrons. The first-order valence-corrected chi connectivity index (χ1v) is 7.87. The summed E-state index contributed by atoms with van der Waals surface area (Å²) in [5.74, 6) is 0.857. The van der Waals surface area contributed by atoms with Crippen molar-refractivity contribution < 1.29 is 4.79 Å². The Balaban J connectivity index is 2.01. The fraction of sp³-hybridized carbons (Fsp3) is 0.625.